The van der Waals surface area contributed by atoms with Gasteiger partial charge in [-0.1, -0.05) is 72.8 Å². The molecule has 2 aromatic carbocycles. The Morgan fingerprint density at radius 1 is 1.03 bits per heavy atom. The van der Waals surface area contributed by atoms with Gasteiger partial charge in [0.15, 0.2) is 0 Å². The Morgan fingerprint density at radius 3 is 2.23 bits per heavy atom. The minimum Gasteiger partial charge on any atom is -0.466 e. The molecule has 1 aliphatic heterocycles. The zero-order valence-corrected chi connectivity index (χ0v) is 18.8. The average Bonchev–Trinajstić information content (AvgIpc) is 2.78. The summed E-state index contributed by atoms with van der Waals surface area (Å²) in [6, 6.07) is 21.2. The van der Waals surface area contributed by atoms with Gasteiger partial charge in [-0.25, -0.2) is 0 Å². The van der Waals surface area contributed by atoms with Crippen LogP contribution < -0.4 is 10.4 Å². The lowest BCUT2D eigenvalue weighted by atomic mass is 10.2. The number of unbranched alkanes of at least 4 members (excludes halogenated alkanes) is 2. The number of methoxy groups -OCH3 is 1. The van der Waals surface area contributed by atoms with Crippen molar-refractivity contribution >= 4 is 24.7 Å². The Kier molecular flexibility index (Phi) is 8.19. The van der Waals surface area contributed by atoms with Crippen LogP contribution >= 0.6 is 0 Å². The molecule has 1 aliphatic rings. The van der Waals surface area contributed by atoms with Crippen molar-refractivity contribution in [3.63, 3.8) is 0 Å². The summed E-state index contributed by atoms with van der Waals surface area (Å²) in [7, 11) is -0.886. The fourth-order valence-corrected chi connectivity index (χ4v) is 8.11. The maximum absolute atomic E-state index is 11.0. The van der Waals surface area contributed by atoms with Crippen LogP contribution in [0, 0.1) is 0 Å². The van der Waals surface area contributed by atoms with Crippen LogP contribution in [0.5, 0.6) is 0 Å². The molecule has 4 nitrogen and oxygen atoms in total. The zero-order chi connectivity index (χ0) is 21.2. The van der Waals surface area contributed by atoms with Gasteiger partial charge in [0.25, 0.3) is 8.32 Å². The number of benzene rings is 2. The van der Waals surface area contributed by atoms with Crippen LogP contribution in [0.2, 0.25) is 0 Å². The molecule has 0 N–H and O–H groups in total. The quantitative estimate of drug-likeness (QED) is 0.352. The summed E-state index contributed by atoms with van der Waals surface area (Å²) in [5.41, 5.74) is 1.21. The number of carbonyl (C=O) groups excluding carboxylic acids is 1. The topological polar surface area (TPSA) is 44.8 Å². The Bertz CT molecular complexity index is 835. The van der Waals surface area contributed by atoms with E-state index in [4.69, 9.17) is 13.9 Å². The molecule has 5 heteroatoms. The lowest BCUT2D eigenvalue weighted by molar-refractivity contribution is -0.141. The van der Waals surface area contributed by atoms with E-state index in [1.54, 1.807) is 7.11 Å². The van der Waals surface area contributed by atoms with Crippen molar-refractivity contribution in [3.8, 4) is 0 Å². The standard InChI is InChI=1S/C25H30O4Si/c1-21(26)28-18-11-5-10-16-25-22(20-27-2)17-19-29-30(25,23-12-6-3-7-13-23)24-14-8-4-9-15-24/h3-4,6-9,12-17H,5,10-11,18-20H2,1-2H3/b25-16+. The first-order chi connectivity index (χ1) is 14.7. The number of rotatable bonds is 9. The van der Waals surface area contributed by atoms with E-state index in [1.807, 2.05) is 12.1 Å². The first-order valence-corrected chi connectivity index (χ1v) is 12.4. The highest BCUT2D eigenvalue weighted by atomic mass is 28.4. The van der Waals surface area contributed by atoms with Gasteiger partial charge in [-0.05, 0) is 40.4 Å². The number of hydrogen-bond donors (Lipinski definition) is 0. The van der Waals surface area contributed by atoms with Crippen LogP contribution in [0.1, 0.15) is 26.2 Å². The summed E-state index contributed by atoms with van der Waals surface area (Å²) in [6.45, 7) is 3.06. The van der Waals surface area contributed by atoms with Crippen LogP contribution in [-0.2, 0) is 18.7 Å². The van der Waals surface area contributed by atoms with E-state index in [2.05, 4.69) is 60.7 Å². The second-order valence-electron chi connectivity index (χ2n) is 7.34. The van der Waals surface area contributed by atoms with Gasteiger partial charge >= 0.3 is 5.97 Å². The summed E-state index contributed by atoms with van der Waals surface area (Å²) in [5, 5.41) is 3.74. The predicted octanol–water partition coefficient (Wildman–Crippen LogP) is 3.55. The first kappa shape index (κ1) is 22.2. The molecule has 0 radical (unpaired) electrons. The summed E-state index contributed by atoms with van der Waals surface area (Å²) < 4.78 is 17.3. The van der Waals surface area contributed by atoms with Gasteiger partial charge in [0.2, 0.25) is 0 Å². The van der Waals surface area contributed by atoms with Gasteiger partial charge in [-0.15, -0.1) is 0 Å². The van der Waals surface area contributed by atoms with Crippen LogP contribution in [0.4, 0.5) is 0 Å². The molecule has 3 rings (SSSR count). The average molecular weight is 423 g/mol. The molecule has 0 spiro atoms. The maximum atomic E-state index is 11.0. The van der Waals surface area contributed by atoms with Gasteiger partial charge in [0.05, 0.1) is 19.8 Å². The number of esters is 1. The van der Waals surface area contributed by atoms with Gasteiger partial charge in [-0.2, -0.15) is 0 Å². The zero-order valence-electron chi connectivity index (χ0n) is 17.8. The molecule has 0 aliphatic carbocycles. The number of hydrogen-bond acceptors (Lipinski definition) is 4. The van der Waals surface area contributed by atoms with Crippen LogP contribution in [0.25, 0.3) is 0 Å². The molecule has 2 aromatic rings. The molecule has 1 heterocycles. The van der Waals surface area contributed by atoms with Crippen molar-refractivity contribution in [3.05, 3.63) is 83.6 Å². The van der Waals surface area contributed by atoms with Crippen LogP contribution in [0.15, 0.2) is 83.6 Å². The van der Waals surface area contributed by atoms with E-state index in [9.17, 15) is 4.79 Å². The van der Waals surface area contributed by atoms with E-state index in [-0.39, 0.29) is 5.97 Å². The number of carbonyl (C=O) groups is 1. The van der Waals surface area contributed by atoms with E-state index < -0.39 is 8.32 Å². The van der Waals surface area contributed by atoms with Crippen LogP contribution in [0.3, 0.4) is 0 Å². The predicted molar refractivity (Wildman–Crippen MR) is 122 cm³/mol. The second-order valence-corrected chi connectivity index (χ2v) is 10.7. The van der Waals surface area contributed by atoms with Gasteiger partial charge in [0.1, 0.15) is 0 Å². The normalized spacial score (nSPS) is 16.9. The summed E-state index contributed by atoms with van der Waals surface area (Å²) in [4.78, 5) is 11.0. The molecule has 0 amide bonds. The maximum Gasteiger partial charge on any atom is 0.302 e. The lowest BCUT2D eigenvalue weighted by Crippen LogP contribution is -2.64. The third-order valence-corrected chi connectivity index (χ3v) is 9.44. The summed E-state index contributed by atoms with van der Waals surface area (Å²) in [5.74, 6) is -0.223. The molecule has 30 heavy (non-hydrogen) atoms. The lowest BCUT2D eigenvalue weighted by Gasteiger charge is -2.38. The third-order valence-electron chi connectivity index (χ3n) is 5.27. The molecule has 0 saturated carbocycles. The fraction of sp³-hybridized carbons (Fsp3) is 0.320. The minimum atomic E-state index is -2.62. The molecule has 0 bridgehead atoms. The minimum absolute atomic E-state index is 0.223. The Morgan fingerprint density at radius 2 is 1.67 bits per heavy atom. The number of allylic oxidation sites excluding steroid dienone is 1. The Hall–Kier alpha value is -2.47. The van der Waals surface area contributed by atoms with Gasteiger partial charge in [-0.3, -0.25) is 4.79 Å². The van der Waals surface area contributed by atoms with E-state index in [0.717, 1.165) is 19.3 Å². The highest BCUT2D eigenvalue weighted by Gasteiger charge is 2.46. The van der Waals surface area contributed by atoms with Crippen molar-refractivity contribution < 1.29 is 18.7 Å². The highest BCUT2D eigenvalue weighted by molar-refractivity contribution is 7.03. The van der Waals surface area contributed by atoms with Crippen molar-refractivity contribution in [2.45, 2.75) is 26.2 Å². The highest BCUT2D eigenvalue weighted by Crippen LogP contribution is 2.29. The van der Waals surface area contributed by atoms with Gasteiger partial charge < -0.3 is 13.9 Å². The number of ether oxygens (including phenoxy) is 2. The largest absolute Gasteiger partial charge is 0.466 e. The Balaban J connectivity index is 1.99. The molecule has 0 unspecified atom stereocenters. The summed E-state index contributed by atoms with van der Waals surface area (Å²) >= 11 is 0. The Labute approximate surface area is 180 Å². The fourth-order valence-electron chi connectivity index (χ4n) is 3.95. The third kappa shape index (κ3) is 5.16. The molecule has 158 valence electrons. The van der Waals surface area contributed by atoms with Crippen molar-refractivity contribution in [2.75, 3.05) is 26.9 Å². The summed E-state index contributed by atoms with van der Waals surface area (Å²) in [6.07, 6.45) is 7.16. The molecule has 0 saturated heterocycles. The molecular formula is C25H30O4Si. The molecule has 0 aromatic heterocycles. The van der Waals surface area contributed by atoms with E-state index in [0.29, 0.717) is 19.8 Å². The van der Waals surface area contributed by atoms with Crippen molar-refractivity contribution in [1.29, 1.82) is 0 Å². The monoisotopic (exact) mass is 422 g/mol. The van der Waals surface area contributed by atoms with Gasteiger partial charge in [0, 0.05) is 14.0 Å². The molecule has 0 atom stereocenters. The SMILES string of the molecule is COCC1=CCO[Si](c2ccccc2)(c2ccccc2)/C1=C/CCCCOC(C)=O. The first-order valence-electron chi connectivity index (χ1n) is 10.5. The van der Waals surface area contributed by atoms with Crippen molar-refractivity contribution in [1.82, 2.24) is 0 Å². The van der Waals surface area contributed by atoms with E-state index in [1.165, 1.54) is 28.1 Å². The molecule has 0 fully saturated rings. The van der Waals surface area contributed by atoms with Crippen LogP contribution in [-0.4, -0.2) is 41.2 Å². The smallest absolute Gasteiger partial charge is 0.302 e. The van der Waals surface area contributed by atoms with E-state index >= 15 is 0 Å². The molecular weight excluding hydrogens is 392 g/mol. The second kappa shape index (κ2) is 11.1. The van der Waals surface area contributed by atoms with Crippen molar-refractivity contribution in [2.24, 2.45) is 0 Å².